The van der Waals surface area contributed by atoms with Crippen molar-refractivity contribution in [2.24, 2.45) is 0 Å². The average molecular weight is 582 g/mol. The van der Waals surface area contributed by atoms with Gasteiger partial charge in [0.1, 0.15) is 0 Å². The van der Waals surface area contributed by atoms with E-state index in [2.05, 4.69) is 55.6 Å². The maximum Gasteiger partial charge on any atom is 0.267 e. The van der Waals surface area contributed by atoms with Crippen LogP contribution in [-0.2, 0) is 14.9 Å². The van der Waals surface area contributed by atoms with Gasteiger partial charge in [-0.1, -0.05) is 120 Å². The molecule has 0 aromatic heterocycles. The van der Waals surface area contributed by atoms with Crippen molar-refractivity contribution in [3.63, 3.8) is 0 Å². The van der Waals surface area contributed by atoms with Gasteiger partial charge in [0.2, 0.25) is 5.91 Å². The Kier molecular flexibility index (Phi) is 26.3. The zero-order chi connectivity index (χ0) is 29.7. The Morgan fingerprint density at radius 3 is 1.80 bits per heavy atom. The monoisotopic (exact) mass is 581 g/mol. The van der Waals surface area contributed by atoms with E-state index in [1.807, 2.05) is 0 Å². The zero-order valence-corrected chi connectivity index (χ0v) is 26.3. The Balaban J connectivity index is 4.16. The van der Waals surface area contributed by atoms with Crippen LogP contribution in [0.15, 0.2) is 48.6 Å². The number of hydrogen-bond donors (Lipinski definition) is 3. The molecule has 0 aliphatic rings. The van der Waals surface area contributed by atoms with Crippen LogP contribution in [0.3, 0.4) is 0 Å². The Morgan fingerprint density at radius 1 is 0.675 bits per heavy atom. The van der Waals surface area contributed by atoms with E-state index in [-0.39, 0.29) is 12.3 Å². The highest BCUT2D eigenvalue weighted by molar-refractivity contribution is 7.85. The summed E-state index contributed by atoms with van der Waals surface area (Å²) in [5.41, 5.74) is 0. The van der Waals surface area contributed by atoms with Gasteiger partial charge in [-0.3, -0.25) is 9.35 Å². The number of carbonyl (C=O) groups excluding carboxylic acids is 1. The number of unbranched alkanes of at least 4 members (excludes halogenated alkanes) is 13. The Bertz CT molecular complexity index is 817. The number of amides is 1. The number of aliphatic hydroxyl groups excluding tert-OH is 1. The van der Waals surface area contributed by atoms with Crippen molar-refractivity contribution in [2.45, 2.75) is 148 Å². The topological polar surface area (TPSA) is 104 Å². The van der Waals surface area contributed by atoms with Crippen molar-refractivity contribution in [3.05, 3.63) is 48.6 Å². The molecular weight excluding hydrogens is 522 g/mol. The SMILES string of the molecule is CCCC/C=C\C/C=C\CCCCCCCC(=O)NC(CS(=O)(=O)O)C(O)/C=C/CC/C=C/CCCCCCC. The summed E-state index contributed by atoms with van der Waals surface area (Å²) in [6, 6.07) is -1.08. The Morgan fingerprint density at radius 2 is 1.18 bits per heavy atom. The van der Waals surface area contributed by atoms with Crippen molar-refractivity contribution < 1.29 is 22.9 Å². The van der Waals surface area contributed by atoms with Crippen LogP contribution in [0.4, 0.5) is 0 Å². The molecule has 2 unspecified atom stereocenters. The molecule has 7 heteroatoms. The molecule has 0 bridgehead atoms. The van der Waals surface area contributed by atoms with Crippen molar-refractivity contribution in [1.29, 1.82) is 0 Å². The summed E-state index contributed by atoms with van der Waals surface area (Å²) in [5, 5.41) is 13.1. The normalized spacial score (nSPS) is 14.2. The summed E-state index contributed by atoms with van der Waals surface area (Å²) in [6.45, 7) is 4.41. The zero-order valence-electron chi connectivity index (χ0n) is 25.4. The molecule has 0 saturated carbocycles. The van der Waals surface area contributed by atoms with Gasteiger partial charge in [0, 0.05) is 6.42 Å². The lowest BCUT2D eigenvalue weighted by Crippen LogP contribution is -2.46. The number of nitrogens with one attached hydrogen (secondary N) is 1. The van der Waals surface area contributed by atoms with E-state index in [9.17, 15) is 22.9 Å². The van der Waals surface area contributed by atoms with E-state index in [1.165, 1.54) is 57.4 Å². The van der Waals surface area contributed by atoms with Gasteiger partial charge in [0.15, 0.2) is 0 Å². The minimum absolute atomic E-state index is 0.270. The lowest BCUT2D eigenvalue weighted by atomic mass is 10.1. The van der Waals surface area contributed by atoms with E-state index in [0.717, 1.165) is 51.4 Å². The molecule has 2 atom stereocenters. The van der Waals surface area contributed by atoms with E-state index in [1.54, 1.807) is 6.08 Å². The highest BCUT2D eigenvalue weighted by Gasteiger charge is 2.24. The molecule has 6 nitrogen and oxygen atoms in total. The van der Waals surface area contributed by atoms with Gasteiger partial charge < -0.3 is 10.4 Å². The van der Waals surface area contributed by atoms with Crippen molar-refractivity contribution in [3.8, 4) is 0 Å². The predicted octanol–water partition coefficient (Wildman–Crippen LogP) is 8.40. The second-order valence-electron chi connectivity index (χ2n) is 10.7. The largest absolute Gasteiger partial charge is 0.387 e. The maximum absolute atomic E-state index is 12.4. The minimum Gasteiger partial charge on any atom is -0.387 e. The molecule has 0 rings (SSSR count). The highest BCUT2D eigenvalue weighted by atomic mass is 32.2. The van der Waals surface area contributed by atoms with Crippen molar-refractivity contribution in [2.75, 3.05) is 5.75 Å². The molecule has 0 fully saturated rings. The third-order valence-corrected chi connectivity index (χ3v) is 7.51. The number of aliphatic hydroxyl groups is 1. The second kappa shape index (κ2) is 27.5. The highest BCUT2D eigenvalue weighted by Crippen LogP contribution is 2.10. The van der Waals surface area contributed by atoms with Crippen LogP contribution in [-0.4, -0.2) is 41.9 Å². The van der Waals surface area contributed by atoms with Crippen molar-refractivity contribution in [1.82, 2.24) is 5.32 Å². The van der Waals surface area contributed by atoms with Gasteiger partial charge in [-0.25, -0.2) is 0 Å². The molecule has 0 heterocycles. The fourth-order valence-corrected chi connectivity index (χ4v) is 5.04. The van der Waals surface area contributed by atoms with E-state index in [0.29, 0.717) is 12.8 Å². The average Bonchev–Trinajstić information content (AvgIpc) is 2.90. The molecule has 0 spiro atoms. The summed E-state index contributed by atoms with van der Waals surface area (Å²) in [7, 11) is -4.35. The number of allylic oxidation sites excluding steroid dienone is 7. The van der Waals surface area contributed by atoms with E-state index in [4.69, 9.17) is 0 Å². The van der Waals surface area contributed by atoms with Gasteiger partial charge in [-0.2, -0.15) is 8.42 Å². The molecule has 0 saturated heterocycles. The molecule has 0 aliphatic heterocycles. The van der Waals surface area contributed by atoms with Crippen LogP contribution in [0.2, 0.25) is 0 Å². The Hall–Kier alpha value is -1.70. The lowest BCUT2D eigenvalue weighted by molar-refractivity contribution is -0.122. The Labute approximate surface area is 246 Å². The molecular formula is C33H59NO5S. The number of rotatable bonds is 27. The smallest absolute Gasteiger partial charge is 0.267 e. The first-order chi connectivity index (χ1) is 19.3. The van der Waals surface area contributed by atoms with Crippen LogP contribution >= 0.6 is 0 Å². The van der Waals surface area contributed by atoms with Crippen LogP contribution < -0.4 is 5.32 Å². The van der Waals surface area contributed by atoms with Crippen LogP contribution in [0.1, 0.15) is 136 Å². The maximum atomic E-state index is 12.4. The molecule has 0 aliphatic carbocycles. The lowest BCUT2D eigenvalue weighted by Gasteiger charge is -2.21. The molecule has 0 aromatic rings. The van der Waals surface area contributed by atoms with E-state index >= 15 is 0 Å². The summed E-state index contributed by atoms with van der Waals surface area (Å²) in [5.74, 6) is -1.03. The minimum atomic E-state index is -4.35. The number of hydrogen-bond acceptors (Lipinski definition) is 4. The molecule has 3 N–H and O–H groups in total. The van der Waals surface area contributed by atoms with Gasteiger partial charge >= 0.3 is 0 Å². The fraction of sp³-hybridized carbons (Fsp3) is 0.727. The van der Waals surface area contributed by atoms with Crippen LogP contribution in [0.25, 0.3) is 0 Å². The summed E-state index contributed by atoms with van der Waals surface area (Å²) in [6.07, 6.45) is 35.2. The summed E-state index contributed by atoms with van der Waals surface area (Å²) < 4.78 is 32.2. The van der Waals surface area contributed by atoms with Gasteiger partial charge in [0.05, 0.1) is 17.9 Å². The first-order valence-electron chi connectivity index (χ1n) is 15.8. The third kappa shape index (κ3) is 27.9. The fourth-order valence-electron chi connectivity index (χ4n) is 4.30. The molecule has 0 radical (unpaired) electrons. The van der Waals surface area contributed by atoms with Crippen LogP contribution in [0.5, 0.6) is 0 Å². The van der Waals surface area contributed by atoms with Crippen molar-refractivity contribution >= 4 is 16.0 Å². The second-order valence-corrected chi connectivity index (χ2v) is 12.2. The standard InChI is InChI=1S/C33H59NO5S/c1-3-5-7-9-11-13-15-16-17-19-21-23-25-27-29-33(36)34-31(30-40(37,38)39)32(35)28-26-24-22-20-18-14-12-10-8-6-4-2/h9,11,15-16,18,20,26,28,31-32,35H,3-8,10,12-14,17,19,21-25,27,29-30H2,1-2H3,(H,34,36)(H,37,38,39)/b11-9-,16-15-,20-18+,28-26+. The summed E-state index contributed by atoms with van der Waals surface area (Å²) >= 11 is 0. The summed E-state index contributed by atoms with van der Waals surface area (Å²) in [4.78, 5) is 12.4. The van der Waals surface area contributed by atoms with Gasteiger partial charge in [-0.05, 0) is 57.8 Å². The van der Waals surface area contributed by atoms with Crippen LogP contribution in [0, 0.1) is 0 Å². The first kappa shape index (κ1) is 38.3. The molecule has 40 heavy (non-hydrogen) atoms. The molecule has 232 valence electrons. The van der Waals surface area contributed by atoms with Gasteiger partial charge in [0.25, 0.3) is 10.1 Å². The first-order valence-corrected chi connectivity index (χ1v) is 17.4. The molecule has 0 aromatic carbocycles. The molecule has 1 amide bonds. The quantitative estimate of drug-likeness (QED) is 0.0513. The van der Waals surface area contributed by atoms with E-state index < -0.39 is 28.0 Å². The third-order valence-electron chi connectivity index (χ3n) is 6.73. The number of carbonyl (C=O) groups is 1. The predicted molar refractivity (Wildman–Crippen MR) is 170 cm³/mol. The van der Waals surface area contributed by atoms with Gasteiger partial charge in [-0.15, -0.1) is 0 Å².